The van der Waals surface area contributed by atoms with Crippen LogP contribution in [0.25, 0.3) is 11.2 Å². The van der Waals surface area contributed by atoms with Crippen LogP contribution < -0.4 is 13.4 Å². The molecule has 13 nitrogen and oxygen atoms in total. The number of aliphatic hydroxyl groups is 3. The maximum atomic E-state index is 11.1. The van der Waals surface area contributed by atoms with Crippen LogP contribution in [-0.4, -0.2) is 62.6 Å². The number of nitro benzene ring substituents is 1. The van der Waals surface area contributed by atoms with Crippen molar-refractivity contribution in [3.63, 3.8) is 0 Å². The second-order valence-corrected chi connectivity index (χ2v) is 14.3. The van der Waals surface area contributed by atoms with Gasteiger partial charge in [0, 0.05) is 0 Å². The zero-order chi connectivity index (χ0) is 22.4. The van der Waals surface area contributed by atoms with E-state index in [0.29, 0.717) is 14.2 Å². The van der Waals surface area contributed by atoms with Crippen molar-refractivity contribution < 1.29 is 59.5 Å². The molecule has 1 saturated heterocycles. The van der Waals surface area contributed by atoms with Crippen LogP contribution in [-0.2, 0) is 29.6 Å². The second-order valence-electron chi connectivity index (χ2n) is 7.07. The molecule has 15 heteroatoms. The molecule has 1 aliphatic rings. The van der Waals surface area contributed by atoms with Gasteiger partial charge in [-0.25, -0.2) is 0 Å². The first-order valence-corrected chi connectivity index (χ1v) is 14.7. The third-order valence-corrected chi connectivity index (χ3v) is 12.1. The molecule has 1 fully saturated rings. The van der Waals surface area contributed by atoms with Gasteiger partial charge in [0.15, 0.2) is 0 Å². The van der Waals surface area contributed by atoms with Crippen molar-refractivity contribution in [3.8, 4) is 5.75 Å². The first-order chi connectivity index (χ1) is 14.7. The van der Waals surface area contributed by atoms with Gasteiger partial charge in [-0.2, -0.15) is 0 Å². The number of benzene rings is 1. The Morgan fingerprint density at radius 1 is 1.42 bits per heavy atom. The summed E-state index contributed by atoms with van der Waals surface area (Å²) in [6.07, 6.45) is -3.12. The maximum absolute atomic E-state index is 11.1. The van der Waals surface area contributed by atoms with E-state index in [1.807, 2.05) is 0 Å². The van der Waals surface area contributed by atoms with Crippen molar-refractivity contribution in [2.45, 2.75) is 24.5 Å². The summed E-state index contributed by atoms with van der Waals surface area (Å²) in [5, 5.41) is 51.3. The summed E-state index contributed by atoms with van der Waals surface area (Å²) < 4.78 is 9.49. The number of aromatic amines is 1. The molecular formula is C16H17HgN6O7S+. The number of phenols is 1. The van der Waals surface area contributed by atoms with E-state index in [1.54, 1.807) is 8.66 Å². The third-order valence-electron chi connectivity index (χ3n) is 5.11. The quantitative estimate of drug-likeness (QED) is 0.0621. The molecule has 7 N–H and O–H groups in total. The van der Waals surface area contributed by atoms with Gasteiger partial charge >= 0.3 is 192 Å². The molecule has 3 heterocycles. The third kappa shape index (κ3) is 3.90. The SMILES string of the molecule is Nc1nc(=S)c2c([nH]1)[n+]([C@H]1O[C@H](CO)[C@@H](O)[C@@H]1O)c[n]2[Hg][c]1cc([N+](=O)[O-])ccc1O. The van der Waals surface area contributed by atoms with E-state index in [-0.39, 0.29) is 22.0 Å². The average molecular weight is 638 g/mol. The van der Waals surface area contributed by atoms with Crippen LogP contribution >= 0.6 is 12.2 Å². The predicted molar refractivity (Wildman–Crippen MR) is 102 cm³/mol. The number of imidazole rings is 1. The summed E-state index contributed by atoms with van der Waals surface area (Å²) in [5.74, 6) is -0.0440. The zero-order valence-electron chi connectivity index (χ0n) is 15.8. The van der Waals surface area contributed by atoms with Gasteiger partial charge in [0.05, 0.1) is 0 Å². The van der Waals surface area contributed by atoms with Gasteiger partial charge in [-0.05, 0) is 0 Å². The monoisotopic (exact) mass is 639 g/mol. The number of nitrogens with zero attached hydrogens (tertiary/aromatic N) is 4. The Morgan fingerprint density at radius 2 is 2.16 bits per heavy atom. The fraction of sp³-hybridized carbons (Fsp3) is 0.312. The van der Waals surface area contributed by atoms with Gasteiger partial charge in [0.2, 0.25) is 0 Å². The first-order valence-electron chi connectivity index (χ1n) is 9.09. The van der Waals surface area contributed by atoms with Gasteiger partial charge in [-0.1, -0.05) is 0 Å². The van der Waals surface area contributed by atoms with Crippen LogP contribution in [0.5, 0.6) is 5.75 Å². The molecule has 1 aliphatic heterocycles. The van der Waals surface area contributed by atoms with Crippen molar-refractivity contribution in [3.05, 3.63) is 39.3 Å². The normalized spacial score (nSPS) is 23.2. The molecule has 1 aromatic carbocycles. The van der Waals surface area contributed by atoms with Crippen molar-refractivity contribution in [1.29, 1.82) is 0 Å². The molecule has 0 bridgehead atoms. The van der Waals surface area contributed by atoms with Crippen LogP contribution in [0.4, 0.5) is 11.6 Å². The zero-order valence-corrected chi connectivity index (χ0v) is 22.1. The number of anilines is 1. The molecular weight excluding hydrogens is 621 g/mol. The number of nitro groups is 1. The Labute approximate surface area is 191 Å². The number of aromatic nitrogens is 4. The van der Waals surface area contributed by atoms with E-state index >= 15 is 0 Å². The summed E-state index contributed by atoms with van der Waals surface area (Å²) >= 11 is 2.82. The van der Waals surface area contributed by atoms with Crippen LogP contribution in [0.2, 0.25) is 0 Å². The van der Waals surface area contributed by atoms with E-state index in [1.165, 1.54) is 22.8 Å². The number of fused-ring (bicyclic) bond motifs is 1. The van der Waals surface area contributed by atoms with Crippen LogP contribution in [0, 0.1) is 14.8 Å². The predicted octanol–water partition coefficient (Wildman–Crippen LogP) is -1.64. The van der Waals surface area contributed by atoms with Crippen molar-refractivity contribution in [2.75, 3.05) is 12.3 Å². The number of non-ortho nitro benzene ring substituents is 1. The molecule has 0 saturated carbocycles. The Balaban J connectivity index is 1.86. The molecule has 0 unspecified atom stereocenters. The number of H-pyrrole nitrogens is 1. The molecule has 4 rings (SSSR count). The molecule has 4 atom stereocenters. The molecule has 0 radical (unpaired) electrons. The Hall–Kier alpha value is -2.23. The molecule has 0 spiro atoms. The number of hydrogen-bond acceptors (Lipinski definition) is 10. The molecule has 160 valence electrons. The first kappa shape index (κ1) is 22.0. The van der Waals surface area contributed by atoms with Crippen molar-refractivity contribution >= 4 is 38.1 Å². The number of nitrogens with two attached hydrogens (primary N) is 1. The topological polar surface area (TPSA) is 197 Å². The van der Waals surface area contributed by atoms with Crippen LogP contribution in [0.3, 0.4) is 0 Å². The Bertz CT molecular complexity index is 1230. The summed E-state index contributed by atoms with van der Waals surface area (Å²) in [6, 6.07) is 3.82. The second kappa shape index (κ2) is 8.36. The van der Waals surface area contributed by atoms with Crippen molar-refractivity contribution in [2.24, 2.45) is 0 Å². The van der Waals surface area contributed by atoms with E-state index < -0.39 is 60.9 Å². The van der Waals surface area contributed by atoms with Gasteiger partial charge in [0.25, 0.3) is 0 Å². The van der Waals surface area contributed by atoms with Crippen LogP contribution in [0.15, 0.2) is 24.5 Å². The number of rotatable bonds is 5. The van der Waals surface area contributed by atoms with E-state index in [4.69, 9.17) is 22.7 Å². The summed E-state index contributed by atoms with van der Waals surface area (Å²) in [7, 11) is 0. The van der Waals surface area contributed by atoms with Gasteiger partial charge < -0.3 is 0 Å². The minimum absolute atomic E-state index is 0.0191. The summed E-state index contributed by atoms with van der Waals surface area (Å²) in [6.45, 7) is -0.491. The molecule has 2 aromatic heterocycles. The number of aliphatic hydroxyl groups excluding tert-OH is 3. The fourth-order valence-corrected chi connectivity index (χ4v) is 10.8. The van der Waals surface area contributed by atoms with E-state index in [9.17, 15) is 30.5 Å². The van der Waals surface area contributed by atoms with Crippen molar-refractivity contribution in [1.82, 2.24) is 12.3 Å². The van der Waals surface area contributed by atoms with Gasteiger partial charge in [-0.3, -0.25) is 0 Å². The Kier molecular flexibility index (Phi) is 5.93. The number of hydrogen-bond donors (Lipinski definition) is 6. The molecule has 0 aliphatic carbocycles. The fourth-order valence-electron chi connectivity index (χ4n) is 3.60. The number of nitrogens with one attached hydrogen (secondary N) is 1. The van der Waals surface area contributed by atoms with E-state index in [2.05, 4.69) is 9.97 Å². The number of phenolic OH excluding ortho intramolecular Hbond substituents is 1. The number of aromatic hydroxyl groups is 1. The van der Waals surface area contributed by atoms with E-state index in [0.717, 1.165) is 0 Å². The van der Waals surface area contributed by atoms with Gasteiger partial charge in [-0.15, -0.1) is 0 Å². The summed E-state index contributed by atoms with van der Waals surface area (Å²) in [4.78, 5) is 17.5. The Morgan fingerprint density at radius 3 is 2.81 bits per heavy atom. The molecule has 31 heavy (non-hydrogen) atoms. The molecule has 3 aromatic rings. The summed E-state index contributed by atoms with van der Waals surface area (Å²) in [5.41, 5.74) is 6.47. The van der Waals surface area contributed by atoms with Gasteiger partial charge in [0.1, 0.15) is 0 Å². The molecule has 0 amide bonds. The number of nitrogen functional groups attached to an aromatic ring is 1. The average Bonchev–Trinajstić information content (AvgIpc) is 3.21. The van der Waals surface area contributed by atoms with Crippen LogP contribution in [0.1, 0.15) is 6.23 Å². The number of ether oxygens (including phenoxy) is 1. The minimum atomic E-state index is -2.54. The standard InChI is InChI=1S/C10H13N5O4S.C6H4NO3.Hg/c11-10-13-7-4(8(20)14-10)12-2-15(7)9-6(18)5(17)3(1-16)19-9;8-6-3-1-5(2-4-6)7(9)10;/h2-3,5-6,9,16-18H,1H2,(H3,11,13,14,20);1-3,8H;/q;;+1/t3-,5-,6+,9+;;/m1../s1.